The quantitative estimate of drug-likeness (QED) is 0.660. The van der Waals surface area contributed by atoms with E-state index in [1.54, 1.807) is 6.08 Å². The average molecular weight is 335 g/mol. The molecule has 0 saturated carbocycles. The molecule has 0 aromatic carbocycles. The molecule has 1 unspecified atom stereocenters. The van der Waals surface area contributed by atoms with Crippen LogP contribution in [0.15, 0.2) is 24.1 Å². The third kappa shape index (κ3) is 4.57. The molecule has 1 aliphatic carbocycles. The maximum Gasteiger partial charge on any atom is 0.522 e. The number of alkyl halides is 3. The van der Waals surface area contributed by atoms with Gasteiger partial charge in [0.25, 0.3) is 0 Å². The SMILES string of the molecule is CC1([C@H]2C[C@@H](OC(F)(F)F)CCN2C(C)(C)C)C=CC(F)=CC1. The lowest BCUT2D eigenvalue weighted by atomic mass is 9.71. The molecule has 0 aromatic rings. The lowest BCUT2D eigenvalue weighted by Gasteiger charge is -2.53. The van der Waals surface area contributed by atoms with Crippen LogP contribution in [0.5, 0.6) is 0 Å². The molecule has 0 amide bonds. The number of piperidine rings is 1. The molecule has 23 heavy (non-hydrogen) atoms. The number of hydrogen-bond donors (Lipinski definition) is 0. The van der Waals surface area contributed by atoms with Crippen molar-refractivity contribution < 1.29 is 22.3 Å². The highest BCUT2D eigenvalue weighted by Crippen LogP contribution is 2.43. The zero-order chi connectivity index (χ0) is 17.5. The van der Waals surface area contributed by atoms with Gasteiger partial charge in [-0.25, -0.2) is 4.39 Å². The molecule has 0 spiro atoms. The Kier molecular flexibility index (Phi) is 4.98. The van der Waals surface area contributed by atoms with Crippen LogP contribution < -0.4 is 0 Å². The lowest BCUT2D eigenvalue weighted by Crippen LogP contribution is -2.59. The lowest BCUT2D eigenvalue weighted by molar-refractivity contribution is -0.348. The Morgan fingerprint density at radius 2 is 1.91 bits per heavy atom. The van der Waals surface area contributed by atoms with Crippen LogP contribution in [-0.4, -0.2) is 35.5 Å². The molecule has 132 valence electrons. The van der Waals surface area contributed by atoms with Gasteiger partial charge in [-0.05, 0) is 52.2 Å². The standard InChI is InChI=1S/C17H25F4NO/c1-15(2,3)22-10-7-13(23-17(19,20)21)11-14(22)16(4)8-5-12(18)6-9-16/h5-6,8,13-14H,7,9-11H2,1-4H3/t13-,14+,16?/m0/s1. The van der Waals surface area contributed by atoms with Gasteiger partial charge in [-0.3, -0.25) is 9.64 Å². The van der Waals surface area contributed by atoms with Gasteiger partial charge in [0.05, 0.1) is 6.10 Å². The summed E-state index contributed by atoms with van der Waals surface area (Å²) >= 11 is 0. The molecular weight excluding hydrogens is 310 g/mol. The molecule has 1 saturated heterocycles. The van der Waals surface area contributed by atoms with Crippen molar-refractivity contribution in [1.29, 1.82) is 0 Å². The van der Waals surface area contributed by atoms with E-state index in [4.69, 9.17) is 0 Å². The van der Waals surface area contributed by atoms with Crippen molar-refractivity contribution in [3.8, 4) is 0 Å². The van der Waals surface area contributed by atoms with Gasteiger partial charge in [0, 0.05) is 23.5 Å². The van der Waals surface area contributed by atoms with E-state index in [0.29, 0.717) is 19.4 Å². The highest BCUT2D eigenvalue weighted by Gasteiger charge is 2.46. The molecule has 0 aromatic heterocycles. The monoisotopic (exact) mass is 335 g/mol. The number of likely N-dealkylation sites (tertiary alicyclic amines) is 1. The summed E-state index contributed by atoms with van der Waals surface area (Å²) in [4.78, 5) is 2.23. The van der Waals surface area contributed by atoms with Gasteiger partial charge in [-0.2, -0.15) is 0 Å². The normalized spacial score (nSPS) is 33.7. The molecule has 2 nitrogen and oxygen atoms in total. The molecule has 3 atom stereocenters. The van der Waals surface area contributed by atoms with E-state index in [2.05, 4.69) is 30.4 Å². The summed E-state index contributed by atoms with van der Waals surface area (Å²) in [5, 5.41) is 0. The zero-order valence-corrected chi connectivity index (χ0v) is 14.1. The van der Waals surface area contributed by atoms with Crippen LogP contribution in [0.1, 0.15) is 47.0 Å². The molecule has 0 bridgehead atoms. The number of allylic oxidation sites excluding steroid dienone is 3. The summed E-state index contributed by atoms with van der Waals surface area (Å²) in [6.45, 7) is 8.67. The van der Waals surface area contributed by atoms with E-state index in [0.717, 1.165) is 0 Å². The van der Waals surface area contributed by atoms with Gasteiger partial charge in [-0.15, -0.1) is 13.2 Å². The second-order valence-corrected chi connectivity index (χ2v) is 7.72. The number of rotatable bonds is 2. The summed E-state index contributed by atoms with van der Waals surface area (Å²) < 4.78 is 55.3. The van der Waals surface area contributed by atoms with Crippen LogP contribution in [0.2, 0.25) is 0 Å². The number of hydrogen-bond acceptors (Lipinski definition) is 2. The Morgan fingerprint density at radius 1 is 1.26 bits per heavy atom. The van der Waals surface area contributed by atoms with Gasteiger partial charge in [0.1, 0.15) is 5.83 Å². The Bertz CT molecular complexity index is 492. The minimum absolute atomic E-state index is 0.135. The molecule has 1 aliphatic heterocycles. The minimum Gasteiger partial charge on any atom is -0.294 e. The Morgan fingerprint density at radius 3 is 2.39 bits per heavy atom. The summed E-state index contributed by atoms with van der Waals surface area (Å²) in [5.74, 6) is -0.288. The van der Waals surface area contributed by atoms with Gasteiger partial charge in [-0.1, -0.05) is 13.0 Å². The predicted octanol–water partition coefficient (Wildman–Crippen LogP) is 4.97. The van der Waals surface area contributed by atoms with Crippen molar-refractivity contribution in [2.24, 2.45) is 5.41 Å². The zero-order valence-electron chi connectivity index (χ0n) is 14.1. The first-order chi connectivity index (χ1) is 10.4. The van der Waals surface area contributed by atoms with Crippen molar-refractivity contribution in [3.05, 3.63) is 24.1 Å². The van der Waals surface area contributed by atoms with Gasteiger partial charge >= 0.3 is 6.36 Å². The topological polar surface area (TPSA) is 12.5 Å². The van der Waals surface area contributed by atoms with Crippen LogP contribution in [-0.2, 0) is 4.74 Å². The molecule has 2 aliphatic rings. The molecular formula is C17H25F4NO. The smallest absolute Gasteiger partial charge is 0.294 e. The fraction of sp³-hybridized carbons (Fsp3) is 0.765. The van der Waals surface area contributed by atoms with Gasteiger partial charge in [0.2, 0.25) is 0 Å². The van der Waals surface area contributed by atoms with E-state index in [1.165, 1.54) is 12.2 Å². The van der Waals surface area contributed by atoms with Crippen molar-refractivity contribution in [2.45, 2.75) is 71.0 Å². The Balaban J connectivity index is 2.23. The van der Waals surface area contributed by atoms with Crippen molar-refractivity contribution >= 4 is 0 Å². The second-order valence-electron chi connectivity index (χ2n) is 7.72. The molecule has 2 rings (SSSR count). The van der Waals surface area contributed by atoms with Crippen LogP contribution in [0.25, 0.3) is 0 Å². The van der Waals surface area contributed by atoms with E-state index < -0.39 is 17.9 Å². The fourth-order valence-electron chi connectivity index (χ4n) is 3.63. The first-order valence-corrected chi connectivity index (χ1v) is 7.97. The fourth-order valence-corrected chi connectivity index (χ4v) is 3.63. The summed E-state index contributed by atoms with van der Waals surface area (Å²) in [5.41, 5.74) is -0.582. The predicted molar refractivity (Wildman–Crippen MR) is 81.5 cm³/mol. The van der Waals surface area contributed by atoms with E-state index in [-0.39, 0.29) is 23.8 Å². The molecule has 1 heterocycles. The third-order valence-electron chi connectivity index (χ3n) is 4.84. The number of halogens is 4. The third-order valence-corrected chi connectivity index (χ3v) is 4.84. The minimum atomic E-state index is -4.62. The number of ether oxygens (including phenoxy) is 1. The van der Waals surface area contributed by atoms with Crippen molar-refractivity contribution in [3.63, 3.8) is 0 Å². The Labute approximate surface area is 135 Å². The highest BCUT2D eigenvalue weighted by molar-refractivity contribution is 5.23. The van der Waals surface area contributed by atoms with E-state index in [9.17, 15) is 17.6 Å². The maximum atomic E-state index is 13.3. The highest BCUT2D eigenvalue weighted by atomic mass is 19.4. The molecule has 0 radical (unpaired) electrons. The van der Waals surface area contributed by atoms with E-state index >= 15 is 0 Å². The molecule has 6 heteroatoms. The molecule has 0 N–H and O–H groups in total. The van der Waals surface area contributed by atoms with Gasteiger partial charge in [0.15, 0.2) is 0 Å². The number of nitrogens with zero attached hydrogens (tertiary/aromatic N) is 1. The first kappa shape index (κ1) is 18.5. The van der Waals surface area contributed by atoms with Gasteiger partial charge < -0.3 is 0 Å². The van der Waals surface area contributed by atoms with Crippen molar-refractivity contribution in [2.75, 3.05) is 6.54 Å². The summed E-state index contributed by atoms with van der Waals surface area (Å²) in [6.07, 6.45) is 0.360. The van der Waals surface area contributed by atoms with E-state index in [1.807, 2.05) is 6.92 Å². The Hall–Kier alpha value is -0.880. The summed E-state index contributed by atoms with van der Waals surface area (Å²) in [6, 6.07) is -0.135. The van der Waals surface area contributed by atoms with Crippen LogP contribution in [0.3, 0.4) is 0 Å². The summed E-state index contributed by atoms with van der Waals surface area (Å²) in [7, 11) is 0. The largest absolute Gasteiger partial charge is 0.522 e. The first-order valence-electron chi connectivity index (χ1n) is 7.97. The van der Waals surface area contributed by atoms with Crippen LogP contribution >= 0.6 is 0 Å². The van der Waals surface area contributed by atoms with Crippen molar-refractivity contribution in [1.82, 2.24) is 4.90 Å². The molecule has 1 fully saturated rings. The van der Waals surface area contributed by atoms with Crippen LogP contribution in [0.4, 0.5) is 17.6 Å². The van der Waals surface area contributed by atoms with Crippen LogP contribution in [0, 0.1) is 5.41 Å². The average Bonchev–Trinajstić information content (AvgIpc) is 2.39. The second kappa shape index (κ2) is 6.20. The maximum absolute atomic E-state index is 13.3.